The van der Waals surface area contributed by atoms with Crippen molar-refractivity contribution >= 4 is 21.5 Å². The van der Waals surface area contributed by atoms with Crippen LogP contribution in [0.4, 0.5) is 0 Å². The van der Waals surface area contributed by atoms with Crippen molar-refractivity contribution in [3.63, 3.8) is 0 Å². The van der Waals surface area contributed by atoms with Gasteiger partial charge in [-0.3, -0.25) is 4.90 Å². The number of nitrogens with one attached hydrogen (secondary N) is 1. The minimum absolute atomic E-state index is 0.0523. The third-order valence-corrected chi connectivity index (χ3v) is 7.38. The standard InChI is InChI=1S/C16H29N3O2S2/c1-13(2)18(4)23(20,21)17-12-15(16-6-5-11-22-16)19-9-7-14(3)8-10-19/h5-6,11,13-15,17H,7-10,12H2,1-4H3/t15-/m0/s1. The van der Waals surface area contributed by atoms with Crippen LogP contribution in [0.1, 0.15) is 44.5 Å². The highest BCUT2D eigenvalue weighted by molar-refractivity contribution is 7.87. The van der Waals surface area contributed by atoms with Gasteiger partial charge in [0, 0.05) is 24.5 Å². The number of rotatable bonds is 7. The maximum Gasteiger partial charge on any atom is 0.279 e. The van der Waals surface area contributed by atoms with Crippen LogP contribution in [0, 0.1) is 5.92 Å². The summed E-state index contributed by atoms with van der Waals surface area (Å²) in [5.41, 5.74) is 0. The molecule has 1 aliphatic heterocycles. The summed E-state index contributed by atoms with van der Waals surface area (Å²) in [6.45, 7) is 8.53. The molecule has 0 spiro atoms. The lowest BCUT2D eigenvalue weighted by atomic mass is 9.97. The highest BCUT2D eigenvalue weighted by atomic mass is 32.2. The second-order valence-electron chi connectivity index (χ2n) is 6.71. The first-order valence-electron chi connectivity index (χ1n) is 8.31. The summed E-state index contributed by atoms with van der Waals surface area (Å²) < 4.78 is 28.9. The highest BCUT2D eigenvalue weighted by Gasteiger charge is 2.28. The summed E-state index contributed by atoms with van der Waals surface area (Å²) in [6.07, 6.45) is 2.36. The Morgan fingerprint density at radius 3 is 2.57 bits per heavy atom. The summed E-state index contributed by atoms with van der Waals surface area (Å²) in [6, 6.07) is 4.21. The first-order chi connectivity index (χ1) is 10.8. The van der Waals surface area contributed by atoms with E-state index in [1.54, 1.807) is 18.4 Å². The fourth-order valence-corrected chi connectivity index (χ4v) is 4.78. The first-order valence-corrected chi connectivity index (χ1v) is 10.6. The highest BCUT2D eigenvalue weighted by Crippen LogP contribution is 2.29. The molecule has 0 unspecified atom stereocenters. The molecular weight excluding hydrogens is 330 g/mol. The minimum atomic E-state index is -3.43. The van der Waals surface area contributed by atoms with Crippen LogP contribution in [0.25, 0.3) is 0 Å². The molecule has 0 aromatic carbocycles. The van der Waals surface area contributed by atoms with Gasteiger partial charge in [0.25, 0.3) is 10.2 Å². The number of hydrogen-bond donors (Lipinski definition) is 1. The fourth-order valence-electron chi connectivity index (χ4n) is 2.79. The van der Waals surface area contributed by atoms with E-state index in [0.717, 1.165) is 19.0 Å². The van der Waals surface area contributed by atoms with Gasteiger partial charge in [-0.05, 0) is 57.1 Å². The third kappa shape index (κ3) is 5.00. The maximum absolute atomic E-state index is 12.4. The summed E-state index contributed by atoms with van der Waals surface area (Å²) in [4.78, 5) is 3.65. The van der Waals surface area contributed by atoms with Crippen LogP contribution in [0.5, 0.6) is 0 Å². The zero-order valence-electron chi connectivity index (χ0n) is 14.5. The monoisotopic (exact) mass is 359 g/mol. The van der Waals surface area contributed by atoms with Gasteiger partial charge >= 0.3 is 0 Å². The molecule has 0 saturated carbocycles. The van der Waals surface area contributed by atoms with Crippen molar-refractivity contribution in [2.75, 3.05) is 26.7 Å². The van der Waals surface area contributed by atoms with Crippen molar-refractivity contribution in [3.05, 3.63) is 22.4 Å². The van der Waals surface area contributed by atoms with E-state index >= 15 is 0 Å². The Morgan fingerprint density at radius 1 is 1.39 bits per heavy atom. The van der Waals surface area contributed by atoms with E-state index in [1.165, 1.54) is 22.0 Å². The third-order valence-electron chi connectivity index (χ3n) is 4.70. The molecule has 0 amide bonds. The van der Waals surface area contributed by atoms with Crippen LogP contribution in [-0.2, 0) is 10.2 Å². The molecule has 5 nitrogen and oxygen atoms in total. The number of hydrogen-bond acceptors (Lipinski definition) is 4. The van der Waals surface area contributed by atoms with Crippen LogP contribution < -0.4 is 4.72 Å². The van der Waals surface area contributed by atoms with Gasteiger partial charge in [0.05, 0.1) is 6.04 Å². The summed E-state index contributed by atoms with van der Waals surface area (Å²) >= 11 is 1.70. The van der Waals surface area contributed by atoms with Crippen molar-refractivity contribution in [3.8, 4) is 0 Å². The van der Waals surface area contributed by atoms with Crippen LogP contribution in [0.3, 0.4) is 0 Å². The van der Waals surface area contributed by atoms with Crippen LogP contribution in [0.15, 0.2) is 17.5 Å². The molecule has 2 heterocycles. The second-order valence-corrected chi connectivity index (χ2v) is 9.51. The molecule has 0 radical (unpaired) electrons. The van der Waals surface area contributed by atoms with Crippen molar-refractivity contribution in [1.29, 1.82) is 0 Å². The van der Waals surface area contributed by atoms with Crippen molar-refractivity contribution in [2.45, 2.75) is 45.7 Å². The smallest absolute Gasteiger partial charge is 0.279 e. The van der Waals surface area contributed by atoms with Gasteiger partial charge in [0.15, 0.2) is 0 Å². The van der Waals surface area contributed by atoms with Gasteiger partial charge in [-0.15, -0.1) is 11.3 Å². The van der Waals surface area contributed by atoms with Gasteiger partial charge in [-0.2, -0.15) is 12.7 Å². The van der Waals surface area contributed by atoms with E-state index in [4.69, 9.17) is 0 Å². The number of nitrogens with zero attached hydrogens (tertiary/aromatic N) is 2. The molecule has 7 heteroatoms. The van der Waals surface area contributed by atoms with E-state index in [-0.39, 0.29) is 12.1 Å². The normalized spacial score (nSPS) is 19.6. The zero-order valence-corrected chi connectivity index (χ0v) is 16.2. The quantitative estimate of drug-likeness (QED) is 0.814. The lowest BCUT2D eigenvalue weighted by Gasteiger charge is -2.36. The van der Waals surface area contributed by atoms with Crippen molar-refractivity contribution in [2.24, 2.45) is 5.92 Å². The van der Waals surface area contributed by atoms with E-state index in [2.05, 4.69) is 28.0 Å². The molecule has 132 valence electrons. The molecule has 0 bridgehead atoms. The summed E-state index contributed by atoms with van der Waals surface area (Å²) in [7, 11) is -1.81. The maximum atomic E-state index is 12.4. The topological polar surface area (TPSA) is 52.7 Å². The van der Waals surface area contributed by atoms with Crippen LogP contribution >= 0.6 is 11.3 Å². The molecule has 1 aliphatic rings. The summed E-state index contributed by atoms with van der Waals surface area (Å²) in [5.74, 6) is 0.763. The molecule has 2 rings (SSSR count). The Labute approximate surface area is 144 Å². The lowest BCUT2D eigenvalue weighted by molar-refractivity contribution is 0.140. The minimum Gasteiger partial charge on any atom is -0.294 e. The first kappa shape index (κ1) is 18.9. The van der Waals surface area contributed by atoms with E-state index < -0.39 is 10.2 Å². The molecule has 1 aromatic rings. The molecule has 1 atom stereocenters. The van der Waals surface area contributed by atoms with Crippen molar-refractivity contribution < 1.29 is 8.42 Å². The lowest BCUT2D eigenvalue weighted by Crippen LogP contribution is -2.46. The van der Waals surface area contributed by atoms with Crippen LogP contribution in [-0.4, -0.2) is 50.3 Å². The molecule has 23 heavy (non-hydrogen) atoms. The number of thiophene rings is 1. The van der Waals surface area contributed by atoms with E-state index in [1.807, 2.05) is 19.9 Å². The molecule has 1 fully saturated rings. The number of piperidine rings is 1. The predicted molar refractivity (Wildman–Crippen MR) is 96.9 cm³/mol. The molecule has 1 aromatic heterocycles. The average Bonchev–Trinajstić information content (AvgIpc) is 3.02. The van der Waals surface area contributed by atoms with Gasteiger partial charge < -0.3 is 0 Å². The van der Waals surface area contributed by atoms with Gasteiger partial charge in [0.1, 0.15) is 0 Å². The predicted octanol–water partition coefficient (Wildman–Crippen LogP) is 2.70. The zero-order chi connectivity index (χ0) is 17.0. The Hall–Kier alpha value is -0.470. The largest absolute Gasteiger partial charge is 0.294 e. The SMILES string of the molecule is CC1CCN([C@@H](CNS(=O)(=O)N(C)C(C)C)c2cccs2)CC1. The Morgan fingerprint density at radius 2 is 2.04 bits per heavy atom. The Bertz CT molecular complexity index is 564. The molecule has 1 N–H and O–H groups in total. The van der Waals surface area contributed by atoms with Crippen molar-refractivity contribution in [1.82, 2.24) is 13.9 Å². The van der Waals surface area contributed by atoms with E-state index in [0.29, 0.717) is 6.54 Å². The average molecular weight is 360 g/mol. The Balaban J connectivity index is 2.07. The Kier molecular flexibility index (Phi) is 6.62. The second kappa shape index (κ2) is 8.07. The van der Waals surface area contributed by atoms with Gasteiger partial charge in [-0.25, -0.2) is 4.72 Å². The van der Waals surface area contributed by atoms with Crippen LogP contribution in [0.2, 0.25) is 0 Å². The van der Waals surface area contributed by atoms with Gasteiger partial charge in [0.2, 0.25) is 0 Å². The number of likely N-dealkylation sites (tertiary alicyclic amines) is 1. The van der Waals surface area contributed by atoms with E-state index in [9.17, 15) is 8.42 Å². The fraction of sp³-hybridized carbons (Fsp3) is 0.750. The molecular formula is C16H29N3O2S2. The molecule has 0 aliphatic carbocycles. The summed E-state index contributed by atoms with van der Waals surface area (Å²) in [5, 5.41) is 2.06. The van der Waals surface area contributed by atoms with Gasteiger partial charge in [-0.1, -0.05) is 13.0 Å². The molecule has 1 saturated heterocycles.